The summed E-state index contributed by atoms with van der Waals surface area (Å²) in [4.78, 5) is 36.8. The molecule has 0 aromatic heterocycles. The van der Waals surface area contributed by atoms with Crippen molar-refractivity contribution in [2.75, 3.05) is 26.6 Å². The molecule has 3 N–H and O–H groups in total. The molecule has 9 heteroatoms. The Labute approximate surface area is 187 Å². The first kappa shape index (κ1) is 24.5. The van der Waals surface area contributed by atoms with Gasteiger partial charge in [0.2, 0.25) is 17.6 Å². The maximum absolute atomic E-state index is 12.4. The predicted molar refractivity (Wildman–Crippen MR) is 120 cm³/mol. The van der Waals surface area contributed by atoms with Crippen molar-refractivity contribution in [3.63, 3.8) is 0 Å². The molecule has 172 valence electrons. The van der Waals surface area contributed by atoms with Gasteiger partial charge in [-0.25, -0.2) is 0 Å². The minimum absolute atomic E-state index is 0.0663. The number of hydrogen-bond donors (Lipinski definition) is 3. The second-order valence-corrected chi connectivity index (χ2v) is 7.34. The summed E-state index contributed by atoms with van der Waals surface area (Å²) in [5, 5.41) is 2.80. The number of hydrogen-bond acceptors (Lipinski definition) is 6. The quantitative estimate of drug-likeness (QED) is 0.514. The maximum Gasteiger partial charge on any atom is 0.269 e. The van der Waals surface area contributed by atoms with Crippen molar-refractivity contribution >= 4 is 23.4 Å². The Kier molecular flexibility index (Phi) is 8.88. The molecule has 0 saturated heterocycles. The number of aryl methyl sites for hydroxylation is 1. The third-order valence-corrected chi connectivity index (χ3v) is 4.65. The molecule has 3 amide bonds. The van der Waals surface area contributed by atoms with Crippen molar-refractivity contribution in [2.24, 2.45) is 5.92 Å². The van der Waals surface area contributed by atoms with Crippen LogP contribution in [0.4, 0.5) is 5.69 Å². The zero-order valence-corrected chi connectivity index (χ0v) is 18.9. The fourth-order valence-corrected chi connectivity index (χ4v) is 3.02. The molecule has 9 nitrogen and oxygen atoms in total. The molecule has 32 heavy (non-hydrogen) atoms. The molecule has 0 heterocycles. The molecule has 0 aliphatic heterocycles. The van der Waals surface area contributed by atoms with Crippen LogP contribution in [-0.4, -0.2) is 39.1 Å². The summed E-state index contributed by atoms with van der Waals surface area (Å²) < 4.78 is 15.7. The van der Waals surface area contributed by atoms with Crippen molar-refractivity contribution in [2.45, 2.75) is 26.7 Å². The number of methoxy groups -OCH3 is 3. The van der Waals surface area contributed by atoms with E-state index >= 15 is 0 Å². The zero-order valence-electron chi connectivity index (χ0n) is 18.9. The number of hydrazine groups is 1. The van der Waals surface area contributed by atoms with Crippen molar-refractivity contribution < 1.29 is 28.6 Å². The molecule has 0 spiro atoms. The highest BCUT2D eigenvalue weighted by molar-refractivity contribution is 5.96. The number of ether oxygens (including phenoxy) is 3. The highest BCUT2D eigenvalue weighted by Gasteiger charge is 2.18. The van der Waals surface area contributed by atoms with Gasteiger partial charge in [-0.3, -0.25) is 25.2 Å². The van der Waals surface area contributed by atoms with E-state index in [1.807, 2.05) is 31.2 Å². The van der Waals surface area contributed by atoms with E-state index in [4.69, 9.17) is 14.2 Å². The van der Waals surface area contributed by atoms with Crippen LogP contribution in [0.2, 0.25) is 0 Å². The Morgan fingerprint density at radius 3 is 1.94 bits per heavy atom. The average Bonchev–Trinajstić information content (AvgIpc) is 2.77. The van der Waals surface area contributed by atoms with E-state index in [0.717, 1.165) is 5.56 Å². The smallest absolute Gasteiger partial charge is 0.269 e. The van der Waals surface area contributed by atoms with Crippen LogP contribution in [-0.2, 0) is 9.59 Å². The molecule has 2 aromatic carbocycles. The third kappa shape index (κ3) is 6.90. The van der Waals surface area contributed by atoms with Gasteiger partial charge in [0.1, 0.15) is 0 Å². The monoisotopic (exact) mass is 443 g/mol. The highest BCUT2D eigenvalue weighted by Crippen LogP contribution is 2.38. The standard InChI is InChI=1S/C23H29N3O6/c1-14-6-8-17(9-7-14)24-20(27)10-15(2)11-21(28)25-26-23(29)16-12-18(30-3)22(32-5)19(13-16)31-4/h6-9,12-13,15H,10-11H2,1-5H3,(H,24,27)(H,25,28)(H,26,29). The van der Waals surface area contributed by atoms with Gasteiger partial charge in [0.05, 0.1) is 21.3 Å². The van der Waals surface area contributed by atoms with E-state index in [0.29, 0.717) is 22.9 Å². The van der Waals surface area contributed by atoms with E-state index in [-0.39, 0.29) is 30.2 Å². The average molecular weight is 444 g/mol. The normalized spacial score (nSPS) is 11.2. The first-order valence-corrected chi connectivity index (χ1v) is 10.0. The zero-order chi connectivity index (χ0) is 23.7. The molecule has 0 fully saturated rings. The first-order valence-electron chi connectivity index (χ1n) is 10.0. The van der Waals surface area contributed by atoms with Gasteiger partial charge in [-0.1, -0.05) is 24.6 Å². The summed E-state index contributed by atoms with van der Waals surface area (Å²) >= 11 is 0. The minimum Gasteiger partial charge on any atom is -0.493 e. The lowest BCUT2D eigenvalue weighted by atomic mass is 10.0. The second kappa shape index (κ2) is 11.6. The summed E-state index contributed by atoms with van der Waals surface area (Å²) in [6.07, 6.45) is 0.235. The van der Waals surface area contributed by atoms with Crippen LogP contribution in [0.3, 0.4) is 0 Å². The SMILES string of the molecule is COc1cc(C(=O)NNC(=O)CC(C)CC(=O)Nc2ccc(C)cc2)cc(OC)c1OC. The topological polar surface area (TPSA) is 115 Å². The molecular formula is C23H29N3O6. The molecule has 2 aromatic rings. The van der Waals surface area contributed by atoms with Gasteiger partial charge in [0.25, 0.3) is 5.91 Å². The van der Waals surface area contributed by atoms with Gasteiger partial charge in [-0.05, 0) is 37.1 Å². The largest absolute Gasteiger partial charge is 0.493 e. The van der Waals surface area contributed by atoms with Crippen molar-refractivity contribution in [1.29, 1.82) is 0 Å². The van der Waals surface area contributed by atoms with E-state index in [2.05, 4.69) is 16.2 Å². The highest BCUT2D eigenvalue weighted by atomic mass is 16.5. The lowest BCUT2D eigenvalue weighted by molar-refractivity contribution is -0.123. The Balaban J connectivity index is 1.86. The van der Waals surface area contributed by atoms with Crippen molar-refractivity contribution in [3.05, 3.63) is 47.5 Å². The van der Waals surface area contributed by atoms with Gasteiger partial charge in [0, 0.05) is 24.1 Å². The Morgan fingerprint density at radius 2 is 1.41 bits per heavy atom. The van der Waals surface area contributed by atoms with Gasteiger partial charge in [0.15, 0.2) is 11.5 Å². The van der Waals surface area contributed by atoms with Crippen LogP contribution in [0.25, 0.3) is 0 Å². The van der Waals surface area contributed by atoms with E-state index in [1.54, 1.807) is 6.92 Å². The molecule has 0 saturated carbocycles. The number of rotatable bonds is 9. The molecule has 0 aliphatic rings. The Bertz CT molecular complexity index is 934. The van der Waals surface area contributed by atoms with Crippen LogP contribution < -0.4 is 30.4 Å². The van der Waals surface area contributed by atoms with Crippen LogP contribution >= 0.6 is 0 Å². The van der Waals surface area contributed by atoms with E-state index in [9.17, 15) is 14.4 Å². The number of carbonyl (C=O) groups is 3. The molecule has 1 atom stereocenters. The summed E-state index contributed by atoms with van der Waals surface area (Å²) in [7, 11) is 4.34. The Morgan fingerprint density at radius 1 is 0.844 bits per heavy atom. The number of nitrogens with one attached hydrogen (secondary N) is 3. The Hall–Kier alpha value is -3.75. The molecule has 0 aliphatic carbocycles. The number of anilines is 1. The lowest BCUT2D eigenvalue weighted by Crippen LogP contribution is -2.42. The van der Waals surface area contributed by atoms with Gasteiger partial charge in [-0.15, -0.1) is 0 Å². The predicted octanol–water partition coefficient (Wildman–Crippen LogP) is 2.84. The van der Waals surface area contributed by atoms with Crippen LogP contribution in [0.5, 0.6) is 17.2 Å². The molecule has 1 unspecified atom stereocenters. The van der Waals surface area contributed by atoms with Crippen LogP contribution in [0.15, 0.2) is 36.4 Å². The summed E-state index contributed by atoms with van der Waals surface area (Å²) in [5.41, 5.74) is 6.73. The number of benzene rings is 2. The molecule has 0 radical (unpaired) electrons. The number of carbonyl (C=O) groups excluding carboxylic acids is 3. The summed E-state index contributed by atoms with van der Waals surface area (Å²) in [6.45, 7) is 3.75. The molecule has 2 rings (SSSR count). The lowest BCUT2D eigenvalue weighted by Gasteiger charge is -2.15. The van der Waals surface area contributed by atoms with Crippen LogP contribution in [0, 0.1) is 12.8 Å². The van der Waals surface area contributed by atoms with E-state index in [1.165, 1.54) is 33.5 Å². The fraction of sp³-hybridized carbons (Fsp3) is 0.348. The van der Waals surface area contributed by atoms with Gasteiger partial charge >= 0.3 is 0 Å². The van der Waals surface area contributed by atoms with Crippen molar-refractivity contribution in [1.82, 2.24) is 10.9 Å². The fourth-order valence-electron chi connectivity index (χ4n) is 3.02. The van der Waals surface area contributed by atoms with Gasteiger partial charge < -0.3 is 19.5 Å². The van der Waals surface area contributed by atoms with Crippen LogP contribution in [0.1, 0.15) is 35.7 Å². The van der Waals surface area contributed by atoms with Crippen molar-refractivity contribution in [3.8, 4) is 17.2 Å². The number of amides is 3. The first-order chi connectivity index (χ1) is 15.3. The molecule has 0 bridgehead atoms. The van der Waals surface area contributed by atoms with Gasteiger partial charge in [-0.2, -0.15) is 0 Å². The van der Waals surface area contributed by atoms with E-state index < -0.39 is 11.8 Å². The summed E-state index contributed by atoms with van der Waals surface area (Å²) in [5.74, 6) is -0.390. The molecular weight excluding hydrogens is 414 g/mol. The third-order valence-electron chi connectivity index (χ3n) is 4.65. The minimum atomic E-state index is -0.553. The maximum atomic E-state index is 12.4. The second-order valence-electron chi connectivity index (χ2n) is 7.34. The summed E-state index contributed by atoms with van der Waals surface area (Å²) in [6, 6.07) is 10.4.